The fourth-order valence-electron chi connectivity index (χ4n) is 2.93. The first-order valence-corrected chi connectivity index (χ1v) is 10.2. The Morgan fingerprint density at radius 2 is 1.35 bits per heavy atom. The summed E-state index contributed by atoms with van der Waals surface area (Å²) in [4.78, 5) is 0. The molecule has 4 heteroatoms. The Kier molecular flexibility index (Phi) is 15.9. The van der Waals surface area contributed by atoms with Gasteiger partial charge in [0.2, 0.25) is 0 Å². The molecule has 0 bridgehead atoms. The van der Waals surface area contributed by atoms with Crippen molar-refractivity contribution in [2.45, 2.75) is 58.3 Å². The van der Waals surface area contributed by atoms with E-state index in [9.17, 15) is 0 Å². The number of halogens is 1. The minimum absolute atomic E-state index is 0. The molecule has 3 nitrogen and oxygen atoms in total. The van der Waals surface area contributed by atoms with Gasteiger partial charge in [-0.3, -0.25) is 0 Å². The molecule has 0 radical (unpaired) electrons. The lowest BCUT2D eigenvalue weighted by Crippen LogP contribution is -3.00. The van der Waals surface area contributed by atoms with Crippen molar-refractivity contribution in [3.05, 3.63) is 30.3 Å². The van der Waals surface area contributed by atoms with Gasteiger partial charge in [-0.15, -0.1) is 0 Å². The van der Waals surface area contributed by atoms with Gasteiger partial charge in [0.05, 0.1) is 33.9 Å². The molecule has 0 fully saturated rings. The van der Waals surface area contributed by atoms with E-state index in [4.69, 9.17) is 9.47 Å². The number of rotatable bonds is 16. The molecule has 0 unspecified atom stereocenters. The molecule has 152 valence electrons. The topological polar surface area (TPSA) is 18.5 Å². The number of ether oxygens (including phenoxy) is 2. The number of hydrogen-bond acceptors (Lipinski definition) is 2. The van der Waals surface area contributed by atoms with Gasteiger partial charge in [-0.05, 0) is 25.0 Å². The van der Waals surface area contributed by atoms with Gasteiger partial charge in [-0.2, -0.15) is 0 Å². The van der Waals surface area contributed by atoms with Crippen LogP contribution in [0.5, 0.6) is 5.75 Å². The third-order valence-electron chi connectivity index (χ3n) is 4.70. The van der Waals surface area contributed by atoms with Gasteiger partial charge in [-0.25, -0.2) is 0 Å². The highest BCUT2D eigenvalue weighted by Gasteiger charge is 2.13. The lowest BCUT2D eigenvalue weighted by atomic mass is 10.1. The summed E-state index contributed by atoms with van der Waals surface area (Å²) < 4.78 is 12.4. The van der Waals surface area contributed by atoms with Gasteiger partial charge in [0.1, 0.15) is 18.9 Å². The fraction of sp³-hybridized carbons (Fsp3) is 0.727. The molecule has 0 heterocycles. The largest absolute Gasteiger partial charge is 1.00 e. The smallest absolute Gasteiger partial charge is 0.119 e. The summed E-state index contributed by atoms with van der Waals surface area (Å²) in [6, 6.07) is 9.92. The Morgan fingerprint density at radius 3 is 2.00 bits per heavy atom. The molecule has 0 spiro atoms. The van der Waals surface area contributed by atoms with E-state index in [1.54, 1.807) is 0 Å². The molecule has 0 N–H and O–H groups in total. The highest BCUT2D eigenvalue weighted by Crippen LogP contribution is 2.10. The van der Waals surface area contributed by atoms with Crippen molar-refractivity contribution in [1.29, 1.82) is 0 Å². The minimum atomic E-state index is 0. The monoisotopic (exact) mass is 385 g/mol. The van der Waals surface area contributed by atoms with Crippen LogP contribution in [0.3, 0.4) is 0 Å². The second-order valence-electron chi connectivity index (χ2n) is 7.63. The first-order chi connectivity index (χ1) is 12.1. The van der Waals surface area contributed by atoms with Crippen LogP contribution in [0, 0.1) is 0 Å². The number of likely N-dealkylation sites (N-methyl/N-ethyl adjacent to an activating group) is 1. The van der Waals surface area contributed by atoms with Crippen LogP contribution in [0.4, 0.5) is 0 Å². The van der Waals surface area contributed by atoms with Crippen LogP contribution in [-0.4, -0.2) is 51.5 Å². The van der Waals surface area contributed by atoms with Crippen LogP contribution in [0.1, 0.15) is 58.3 Å². The van der Waals surface area contributed by atoms with E-state index >= 15 is 0 Å². The predicted octanol–water partition coefficient (Wildman–Crippen LogP) is 2.30. The third kappa shape index (κ3) is 14.4. The summed E-state index contributed by atoms with van der Waals surface area (Å²) in [7, 11) is 4.62. The van der Waals surface area contributed by atoms with Crippen LogP contribution >= 0.6 is 0 Å². The molecule has 1 rings (SSSR count). The third-order valence-corrected chi connectivity index (χ3v) is 4.70. The van der Waals surface area contributed by atoms with Crippen molar-refractivity contribution in [2.75, 3.05) is 47.0 Å². The minimum Gasteiger partial charge on any atom is -1.00 e. The highest BCUT2D eigenvalue weighted by atomic mass is 35.5. The molecule has 1 aromatic rings. The summed E-state index contributed by atoms with van der Waals surface area (Å²) >= 11 is 0. The van der Waals surface area contributed by atoms with Crippen molar-refractivity contribution < 1.29 is 26.4 Å². The molecular weight excluding hydrogens is 346 g/mol. The standard InChI is InChI=1S/C22H40NO2.ClH/c1-4-5-6-7-8-9-10-14-17-23(2,3)18-19-24-20-21-25-22-15-12-11-13-16-22;/h11-13,15-16H,4-10,14,17-21H2,1-3H3;1H/q+1;/p-1. The van der Waals surface area contributed by atoms with Crippen molar-refractivity contribution >= 4 is 0 Å². The second-order valence-corrected chi connectivity index (χ2v) is 7.63. The maximum Gasteiger partial charge on any atom is 0.119 e. The molecule has 0 saturated heterocycles. The van der Waals surface area contributed by atoms with Gasteiger partial charge < -0.3 is 26.4 Å². The van der Waals surface area contributed by atoms with E-state index in [1.807, 2.05) is 30.3 Å². The average Bonchev–Trinajstić information content (AvgIpc) is 2.61. The van der Waals surface area contributed by atoms with Crippen molar-refractivity contribution in [3.8, 4) is 5.75 Å². The number of para-hydroxylation sites is 1. The van der Waals surface area contributed by atoms with Gasteiger partial charge in [0.25, 0.3) is 0 Å². The molecule has 0 aliphatic carbocycles. The van der Waals surface area contributed by atoms with Crippen molar-refractivity contribution in [2.24, 2.45) is 0 Å². The van der Waals surface area contributed by atoms with Crippen LogP contribution in [0.15, 0.2) is 30.3 Å². The predicted molar refractivity (Wildman–Crippen MR) is 107 cm³/mol. The normalized spacial score (nSPS) is 11.2. The summed E-state index contributed by atoms with van der Waals surface area (Å²) in [5.74, 6) is 0.914. The Labute approximate surface area is 168 Å². The second kappa shape index (κ2) is 16.4. The summed E-state index contributed by atoms with van der Waals surface area (Å²) in [5.41, 5.74) is 0. The molecule has 0 aliphatic rings. The van der Waals surface area contributed by atoms with Crippen LogP contribution in [0.2, 0.25) is 0 Å². The average molecular weight is 386 g/mol. The lowest BCUT2D eigenvalue weighted by molar-refractivity contribution is -0.891. The maximum absolute atomic E-state index is 5.73. The Morgan fingerprint density at radius 1 is 0.731 bits per heavy atom. The Balaban J connectivity index is 0.00000625. The fourth-order valence-corrected chi connectivity index (χ4v) is 2.93. The summed E-state index contributed by atoms with van der Waals surface area (Å²) in [5, 5.41) is 0. The Bertz CT molecular complexity index is 412. The van der Waals surface area contributed by atoms with Gasteiger partial charge >= 0.3 is 0 Å². The van der Waals surface area contributed by atoms with E-state index in [-0.39, 0.29) is 12.4 Å². The van der Waals surface area contributed by atoms with E-state index in [2.05, 4.69) is 21.0 Å². The number of hydrogen-bond donors (Lipinski definition) is 0. The zero-order valence-electron chi connectivity index (χ0n) is 17.2. The number of benzene rings is 1. The van der Waals surface area contributed by atoms with Gasteiger partial charge in [0.15, 0.2) is 0 Å². The number of nitrogens with zero attached hydrogens (tertiary/aromatic N) is 1. The molecule has 0 amide bonds. The zero-order chi connectivity index (χ0) is 18.2. The molecule has 26 heavy (non-hydrogen) atoms. The molecule has 0 saturated carbocycles. The molecular formula is C22H40ClNO2. The maximum atomic E-state index is 5.73. The molecule has 0 aliphatic heterocycles. The molecule has 0 aromatic heterocycles. The first-order valence-electron chi connectivity index (χ1n) is 10.2. The van der Waals surface area contributed by atoms with E-state index in [0.717, 1.165) is 23.4 Å². The van der Waals surface area contributed by atoms with E-state index in [1.165, 1.54) is 57.9 Å². The zero-order valence-corrected chi connectivity index (χ0v) is 18.0. The van der Waals surface area contributed by atoms with Crippen LogP contribution in [0.25, 0.3) is 0 Å². The van der Waals surface area contributed by atoms with Crippen molar-refractivity contribution in [1.82, 2.24) is 0 Å². The lowest BCUT2D eigenvalue weighted by Gasteiger charge is -2.29. The van der Waals surface area contributed by atoms with Crippen molar-refractivity contribution in [3.63, 3.8) is 0 Å². The summed E-state index contributed by atoms with van der Waals surface area (Å²) in [6.45, 7) is 6.69. The molecule has 0 atom stereocenters. The number of unbranched alkanes of at least 4 members (excludes halogenated alkanes) is 7. The molecule has 1 aromatic carbocycles. The Hall–Kier alpha value is -0.770. The van der Waals surface area contributed by atoms with Gasteiger partial charge in [-0.1, -0.05) is 63.6 Å². The quantitative estimate of drug-likeness (QED) is 0.321. The van der Waals surface area contributed by atoms with E-state index in [0.29, 0.717) is 13.2 Å². The highest BCUT2D eigenvalue weighted by molar-refractivity contribution is 5.20. The summed E-state index contributed by atoms with van der Waals surface area (Å²) in [6.07, 6.45) is 11.1. The van der Waals surface area contributed by atoms with Crippen LogP contribution < -0.4 is 17.1 Å². The van der Waals surface area contributed by atoms with Gasteiger partial charge in [0, 0.05) is 0 Å². The number of quaternary nitrogens is 1. The van der Waals surface area contributed by atoms with Crippen LogP contribution in [-0.2, 0) is 4.74 Å². The first kappa shape index (κ1) is 25.2. The van der Waals surface area contributed by atoms with E-state index < -0.39 is 0 Å². The SMILES string of the molecule is CCCCCCCCCC[N+](C)(C)CCOCCOc1ccccc1.[Cl-].